The lowest BCUT2D eigenvalue weighted by atomic mass is 9.95. The molecule has 1 aromatic heterocycles. The molecule has 2 unspecified atom stereocenters. The van der Waals surface area contributed by atoms with Crippen molar-refractivity contribution in [3.63, 3.8) is 0 Å². The number of rotatable bonds is 3. The van der Waals surface area contributed by atoms with Crippen LogP contribution in [0.1, 0.15) is 29.5 Å². The summed E-state index contributed by atoms with van der Waals surface area (Å²) >= 11 is 3.45. The number of carbonyl (C=O) groups excluding carboxylic acids is 1. The number of aromatic nitrogens is 3. The second-order valence-electron chi connectivity index (χ2n) is 5.97. The predicted octanol–water partition coefficient (Wildman–Crippen LogP) is 2.07. The van der Waals surface area contributed by atoms with Gasteiger partial charge in [0.25, 0.3) is 5.91 Å². The van der Waals surface area contributed by atoms with Crippen molar-refractivity contribution < 1.29 is 4.79 Å². The van der Waals surface area contributed by atoms with Gasteiger partial charge in [-0.15, -0.1) is 5.10 Å². The lowest BCUT2D eigenvalue weighted by molar-refractivity contribution is 0.0908. The Morgan fingerprint density at radius 2 is 2.30 bits per heavy atom. The van der Waals surface area contributed by atoms with Crippen molar-refractivity contribution in [2.75, 3.05) is 13.1 Å². The zero-order valence-electron chi connectivity index (χ0n) is 13.2. The van der Waals surface area contributed by atoms with Crippen LogP contribution >= 0.6 is 15.9 Å². The van der Waals surface area contributed by atoms with Crippen molar-refractivity contribution >= 4 is 21.8 Å². The molecule has 1 saturated heterocycles. The first kappa shape index (κ1) is 16.1. The Morgan fingerprint density at radius 1 is 1.48 bits per heavy atom. The molecule has 2 N–H and O–H groups in total. The van der Waals surface area contributed by atoms with Crippen LogP contribution in [-0.4, -0.2) is 40.0 Å². The maximum Gasteiger partial charge on any atom is 0.273 e. The van der Waals surface area contributed by atoms with Crippen molar-refractivity contribution in [1.29, 1.82) is 0 Å². The number of hydrogen-bond acceptors (Lipinski definition) is 4. The van der Waals surface area contributed by atoms with Gasteiger partial charge in [-0.2, -0.15) is 0 Å². The first-order chi connectivity index (χ1) is 11.1. The van der Waals surface area contributed by atoms with E-state index in [1.54, 1.807) is 4.68 Å². The Bertz CT molecular complexity index is 714. The Balaban J connectivity index is 1.80. The zero-order chi connectivity index (χ0) is 16.4. The van der Waals surface area contributed by atoms with Gasteiger partial charge in [-0.05, 0) is 50.6 Å². The molecule has 0 radical (unpaired) electrons. The van der Waals surface area contributed by atoms with Gasteiger partial charge in [0.1, 0.15) is 0 Å². The molecule has 1 aliphatic rings. The summed E-state index contributed by atoms with van der Waals surface area (Å²) in [4.78, 5) is 12.5. The molecule has 2 atom stereocenters. The number of halogens is 1. The monoisotopic (exact) mass is 377 g/mol. The maximum absolute atomic E-state index is 12.5. The van der Waals surface area contributed by atoms with E-state index in [9.17, 15) is 4.79 Å². The van der Waals surface area contributed by atoms with Crippen LogP contribution < -0.4 is 10.6 Å². The van der Waals surface area contributed by atoms with E-state index in [0.29, 0.717) is 11.6 Å². The summed E-state index contributed by atoms with van der Waals surface area (Å²) < 4.78 is 2.64. The SMILES string of the molecule is Cc1c(C(=O)NC2CCNCC2C)nnn1-c1cccc(Br)c1. The Kier molecular flexibility index (Phi) is 4.77. The normalized spacial score (nSPS) is 21.2. The number of piperidine rings is 1. The number of carbonyl (C=O) groups is 1. The maximum atomic E-state index is 12.5. The van der Waals surface area contributed by atoms with E-state index >= 15 is 0 Å². The molecule has 7 heteroatoms. The Labute approximate surface area is 143 Å². The van der Waals surface area contributed by atoms with E-state index in [1.165, 1.54) is 0 Å². The summed E-state index contributed by atoms with van der Waals surface area (Å²) in [5.74, 6) is 0.260. The molecule has 1 aliphatic heterocycles. The zero-order valence-corrected chi connectivity index (χ0v) is 14.8. The molecule has 0 saturated carbocycles. The summed E-state index contributed by atoms with van der Waals surface area (Å²) in [6.07, 6.45) is 0.936. The number of hydrogen-bond donors (Lipinski definition) is 2. The number of nitrogens with one attached hydrogen (secondary N) is 2. The standard InChI is InChI=1S/C16H20BrN5O/c1-10-9-18-7-6-14(10)19-16(23)15-11(2)22(21-20-15)13-5-3-4-12(17)8-13/h3-5,8,10,14,18H,6-7,9H2,1-2H3,(H,19,23). The Morgan fingerprint density at radius 3 is 3.04 bits per heavy atom. The van der Waals surface area contributed by atoms with E-state index in [-0.39, 0.29) is 11.9 Å². The summed E-state index contributed by atoms with van der Waals surface area (Å²) in [5.41, 5.74) is 2.00. The topological polar surface area (TPSA) is 71.8 Å². The van der Waals surface area contributed by atoms with Crippen molar-refractivity contribution in [3.8, 4) is 5.69 Å². The molecule has 0 bridgehead atoms. The summed E-state index contributed by atoms with van der Waals surface area (Å²) in [6.45, 7) is 5.86. The van der Waals surface area contributed by atoms with E-state index < -0.39 is 0 Å². The van der Waals surface area contributed by atoms with Gasteiger partial charge in [0, 0.05) is 10.5 Å². The van der Waals surface area contributed by atoms with Crippen LogP contribution in [0.25, 0.3) is 5.69 Å². The van der Waals surface area contributed by atoms with Gasteiger partial charge in [0.2, 0.25) is 0 Å². The molecule has 2 heterocycles. The number of amides is 1. The first-order valence-corrected chi connectivity index (χ1v) is 8.55. The number of benzene rings is 1. The molecule has 122 valence electrons. The molecule has 1 aromatic carbocycles. The molecule has 2 aromatic rings. The summed E-state index contributed by atoms with van der Waals surface area (Å²) in [5, 5.41) is 14.6. The van der Waals surface area contributed by atoms with Gasteiger partial charge in [-0.1, -0.05) is 34.1 Å². The summed E-state index contributed by atoms with van der Waals surface area (Å²) in [7, 11) is 0. The lowest BCUT2D eigenvalue weighted by Crippen LogP contribution is -2.48. The van der Waals surface area contributed by atoms with E-state index in [0.717, 1.165) is 35.4 Å². The third kappa shape index (κ3) is 3.45. The minimum atomic E-state index is -0.150. The first-order valence-electron chi connectivity index (χ1n) is 7.76. The van der Waals surface area contributed by atoms with Gasteiger partial charge in [-0.25, -0.2) is 4.68 Å². The highest BCUT2D eigenvalue weighted by molar-refractivity contribution is 9.10. The van der Waals surface area contributed by atoms with Gasteiger partial charge >= 0.3 is 0 Å². The van der Waals surface area contributed by atoms with Crippen molar-refractivity contribution in [2.24, 2.45) is 5.92 Å². The molecule has 3 rings (SSSR count). The van der Waals surface area contributed by atoms with Gasteiger partial charge in [0.05, 0.1) is 11.4 Å². The smallest absolute Gasteiger partial charge is 0.273 e. The van der Waals surface area contributed by atoms with Crippen LogP contribution in [0, 0.1) is 12.8 Å². The van der Waals surface area contributed by atoms with Crippen LogP contribution in [0.2, 0.25) is 0 Å². The van der Waals surface area contributed by atoms with Gasteiger partial charge in [-0.3, -0.25) is 4.79 Å². The summed E-state index contributed by atoms with van der Waals surface area (Å²) in [6, 6.07) is 7.93. The van der Waals surface area contributed by atoms with E-state index in [2.05, 4.69) is 43.8 Å². The minimum absolute atomic E-state index is 0.150. The van der Waals surface area contributed by atoms with Crippen LogP contribution in [0.4, 0.5) is 0 Å². The molecule has 1 amide bonds. The molecule has 23 heavy (non-hydrogen) atoms. The highest BCUT2D eigenvalue weighted by Crippen LogP contribution is 2.18. The van der Waals surface area contributed by atoms with E-state index in [4.69, 9.17) is 0 Å². The highest BCUT2D eigenvalue weighted by atomic mass is 79.9. The second-order valence-corrected chi connectivity index (χ2v) is 6.88. The Hall–Kier alpha value is -1.73. The largest absolute Gasteiger partial charge is 0.347 e. The fraction of sp³-hybridized carbons (Fsp3) is 0.438. The third-order valence-corrected chi connectivity index (χ3v) is 4.76. The fourth-order valence-corrected chi connectivity index (χ4v) is 3.24. The molecular formula is C16H20BrN5O. The molecular weight excluding hydrogens is 358 g/mol. The lowest BCUT2D eigenvalue weighted by Gasteiger charge is -2.29. The van der Waals surface area contributed by atoms with E-state index in [1.807, 2.05) is 31.2 Å². The van der Waals surface area contributed by atoms with Crippen molar-refractivity contribution in [3.05, 3.63) is 40.1 Å². The second kappa shape index (κ2) is 6.80. The molecule has 0 spiro atoms. The average molecular weight is 378 g/mol. The van der Waals surface area contributed by atoms with Crippen molar-refractivity contribution in [2.45, 2.75) is 26.3 Å². The van der Waals surface area contributed by atoms with Crippen LogP contribution in [-0.2, 0) is 0 Å². The highest BCUT2D eigenvalue weighted by Gasteiger charge is 2.25. The average Bonchev–Trinajstić information content (AvgIpc) is 2.91. The van der Waals surface area contributed by atoms with Crippen LogP contribution in [0.3, 0.4) is 0 Å². The molecule has 6 nitrogen and oxygen atoms in total. The fourth-order valence-electron chi connectivity index (χ4n) is 2.86. The van der Waals surface area contributed by atoms with Crippen molar-refractivity contribution in [1.82, 2.24) is 25.6 Å². The molecule has 0 aliphatic carbocycles. The van der Waals surface area contributed by atoms with Crippen LogP contribution in [0.5, 0.6) is 0 Å². The van der Waals surface area contributed by atoms with Crippen LogP contribution in [0.15, 0.2) is 28.7 Å². The quantitative estimate of drug-likeness (QED) is 0.858. The van der Waals surface area contributed by atoms with Gasteiger partial charge in [0.15, 0.2) is 5.69 Å². The van der Waals surface area contributed by atoms with Gasteiger partial charge < -0.3 is 10.6 Å². The molecule has 1 fully saturated rings. The third-order valence-electron chi connectivity index (χ3n) is 4.26. The predicted molar refractivity (Wildman–Crippen MR) is 91.7 cm³/mol. The minimum Gasteiger partial charge on any atom is -0.347 e. The number of nitrogens with zero attached hydrogens (tertiary/aromatic N) is 3.